The minimum absolute atomic E-state index is 0.0949. The van der Waals surface area contributed by atoms with E-state index in [-0.39, 0.29) is 6.03 Å². The molecular weight excluding hydrogens is 462 g/mol. The van der Waals surface area contributed by atoms with Crippen LogP contribution in [0.4, 0.5) is 10.5 Å². The molecule has 0 unspecified atom stereocenters. The fourth-order valence-electron chi connectivity index (χ4n) is 4.93. The Kier molecular flexibility index (Phi) is 9.83. The van der Waals surface area contributed by atoms with E-state index in [1.54, 1.807) is 14.2 Å². The molecular formula is C31H39N3O3. The number of benzene rings is 3. The van der Waals surface area contributed by atoms with Crippen LogP contribution in [0.2, 0.25) is 0 Å². The normalized spacial score (nSPS) is 14.2. The third-order valence-electron chi connectivity index (χ3n) is 7.14. The van der Waals surface area contributed by atoms with Gasteiger partial charge in [0.25, 0.3) is 0 Å². The molecule has 3 aromatic rings. The zero-order valence-electron chi connectivity index (χ0n) is 22.1. The first-order valence-electron chi connectivity index (χ1n) is 13.2. The number of carbonyl (C=O) groups is 1. The largest absolute Gasteiger partial charge is 0.497 e. The van der Waals surface area contributed by atoms with Gasteiger partial charge in [-0.05, 0) is 98.8 Å². The summed E-state index contributed by atoms with van der Waals surface area (Å²) in [6.45, 7) is 4.51. The van der Waals surface area contributed by atoms with Gasteiger partial charge >= 0.3 is 6.03 Å². The van der Waals surface area contributed by atoms with E-state index in [0.29, 0.717) is 13.1 Å². The van der Waals surface area contributed by atoms with Crippen LogP contribution in [0.5, 0.6) is 11.5 Å². The Morgan fingerprint density at radius 2 is 1.49 bits per heavy atom. The topological polar surface area (TPSA) is 54.0 Å². The molecule has 196 valence electrons. The van der Waals surface area contributed by atoms with Gasteiger partial charge in [-0.25, -0.2) is 4.79 Å². The highest BCUT2D eigenvalue weighted by Crippen LogP contribution is 2.22. The number of anilines is 1. The smallest absolute Gasteiger partial charge is 0.322 e. The molecule has 3 aromatic carbocycles. The number of amides is 2. The monoisotopic (exact) mass is 501 g/mol. The number of hydrogen-bond donors (Lipinski definition) is 1. The highest BCUT2D eigenvalue weighted by atomic mass is 16.5. The Balaban J connectivity index is 1.29. The molecule has 1 aliphatic rings. The predicted molar refractivity (Wildman–Crippen MR) is 149 cm³/mol. The highest BCUT2D eigenvalue weighted by Gasteiger charge is 2.20. The summed E-state index contributed by atoms with van der Waals surface area (Å²) in [5.74, 6) is 2.34. The van der Waals surface area contributed by atoms with E-state index in [0.717, 1.165) is 54.7 Å². The lowest BCUT2D eigenvalue weighted by Crippen LogP contribution is -2.39. The highest BCUT2D eigenvalue weighted by molar-refractivity contribution is 5.89. The fourth-order valence-corrected chi connectivity index (χ4v) is 4.93. The van der Waals surface area contributed by atoms with Gasteiger partial charge in [0.1, 0.15) is 11.5 Å². The average Bonchev–Trinajstić information content (AvgIpc) is 2.95. The summed E-state index contributed by atoms with van der Waals surface area (Å²) >= 11 is 0. The molecule has 4 rings (SSSR count). The molecule has 0 atom stereocenters. The van der Waals surface area contributed by atoms with Crippen molar-refractivity contribution in [1.29, 1.82) is 0 Å². The molecule has 1 saturated heterocycles. The van der Waals surface area contributed by atoms with E-state index in [4.69, 9.17) is 9.47 Å². The molecule has 37 heavy (non-hydrogen) atoms. The van der Waals surface area contributed by atoms with E-state index in [2.05, 4.69) is 40.5 Å². The molecule has 0 aliphatic carbocycles. The number of rotatable bonds is 11. The lowest BCUT2D eigenvalue weighted by atomic mass is 9.90. The maximum absolute atomic E-state index is 13.2. The van der Waals surface area contributed by atoms with Crippen LogP contribution >= 0.6 is 0 Å². The molecule has 1 heterocycles. The van der Waals surface area contributed by atoms with E-state index in [9.17, 15) is 4.79 Å². The van der Waals surface area contributed by atoms with Gasteiger partial charge in [0.2, 0.25) is 0 Å². The van der Waals surface area contributed by atoms with E-state index < -0.39 is 0 Å². The molecule has 0 bridgehead atoms. The van der Waals surface area contributed by atoms with Crippen LogP contribution in [0, 0.1) is 5.92 Å². The predicted octanol–water partition coefficient (Wildman–Crippen LogP) is 6.08. The summed E-state index contributed by atoms with van der Waals surface area (Å²) < 4.78 is 10.5. The van der Waals surface area contributed by atoms with Crippen molar-refractivity contribution in [3.8, 4) is 11.5 Å². The molecule has 2 amide bonds. The van der Waals surface area contributed by atoms with Crippen molar-refractivity contribution in [3.05, 3.63) is 90.0 Å². The zero-order chi connectivity index (χ0) is 25.9. The van der Waals surface area contributed by atoms with Gasteiger partial charge in [-0.15, -0.1) is 0 Å². The van der Waals surface area contributed by atoms with Crippen molar-refractivity contribution in [2.24, 2.45) is 5.92 Å². The van der Waals surface area contributed by atoms with Crippen LogP contribution < -0.4 is 14.8 Å². The third-order valence-corrected chi connectivity index (χ3v) is 7.14. The lowest BCUT2D eigenvalue weighted by Gasteiger charge is -2.32. The summed E-state index contributed by atoms with van der Waals surface area (Å²) in [6, 6.07) is 26.1. The summed E-state index contributed by atoms with van der Waals surface area (Å²) in [7, 11) is 3.30. The molecule has 0 radical (unpaired) electrons. The maximum atomic E-state index is 13.2. The van der Waals surface area contributed by atoms with Gasteiger partial charge in [-0.3, -0.25) is 0 Å². The van der Waals surface area contributed by atoms with Crippen molar-refractivity contribution in [2.45, 2.75) is 32.2 Å². The number of methoxy groups -OCH3 is 2. The van der Waals surface area contributed by atoms with Gasteiger partial charge in [0.05, 0.1) is 14.2 Å². The molecule has 6 heteroatoms. The van der Waals surface area contributed by atoms with Crippen LogP contribution in [-0.2, 0) is 13.0 Å². The molecule has 6 nitrogen and oxygen atoms in total. The summed E-state index contributed by atoms with van der Waals surface area (Å²) in [5, 5.41) is 3.05. The summed E-state index contributed by atoms with van der Waals surface area (Å²) in [4.78, 5) is 17.7. The van der Waals surface area contributed by atoms with Crippen molar-refractivity contribution < 1.29 is 14.3 Å². The van der Waals surface area contributed by atoms with Crippen LogP contribution in [0.1, 0.15) is 30.4 Å². The number of nitrogens with zero attached hydrogens (tertiary/aromatic N) is 2. The molecule has 0 saturated carbocycles. The molecule has 1 fully saturated rings. The SMILES string of the molecule is COc1ccc(CN(CCCN2CCC(Cc3ccccc3)CC2)C(=O)Nc2ccc(OC)cc2)cc1. The standard InChI is InChI=1S/C31H39N3O3/c1-36-29-13-9-27(10-14-29)24-34(31(35)32-28-11-15-30(37-2)16-12-28)20-6-19-33-21-17-26(18-22-33)23-25-7-4-3-5-8-25/h3-5,7-16,26H,6,17-24H2,1-2H3,(H,32,35). The van der Waals surface area contributed by atoms with Crippen LogP contribution in [0.25, 0.3) is 0 Å². The maximum Gasteiger partial charge on any atom is 0.322 e. The van der Waals surface area contributed by atoms with Crippen LogP contribution in [-0.4, -0.2) is 56.2 Å². The Morgan fingerprint density at radius 1 is 0.865 bits per heavy atom. The van der Waals surface area contributed by atoms with Crippen molar-refractivity contribution in [2.75, 3.05) is 45.7 Å². The second-order valence-electron chi connectivity index (χ2n) is 9.76. The average molecular weight is 502 g/mol. The van der Waals surface area contributed by atoms with Crippen molar-refractivity contribution in [1.82, 2.24) is 9.80 Å². The van der Waals surface area contributed by atoms with E-state index >= 15 is 0 Å². The zero-order valence-corrected chi connectivity index (χ0v) is 22.1. The number of hydrogen-bond acceptors (Lipinski definition) is 4. The van der Waals surface area contributed by atoms with Crippen molar-refractivity contribution in [3.63, 3.8) is 0 Å². The second-order valence-corrected chi connectivity index (χ2v) is 9.76. The number of nitrogens with one attached hydrogen (secondary N) is 1. The van der Waals surface area contributed by atoms with E-state index in [1.165, 1.54) is 24.8 Å². The second kappa shape index (κ2) is 13.7. The van der Waals surface area contributed by atoms with E-state index in [1.807, 2.05) is 53.4 Å². The number of carbonyl (C=O) groups excluding carboxylic acids is 1. The minimum atomic E-state index is -0.0949. The Morgan fingerprint density at radius 3 is 2.11 bits per heavy atom. The van der Waals surface area contributed by atoms with Crippen LogP contribution in [0.3, 0.4) is 0 Å². The molecule has 1 N–H and O–H groups in total. The molecule has 1 aliphatic heterocycles. The Labute approximate surface area is 221 Å². The number of urea groups is 1. The van der Waals surface area contributed by atoms with Gasteiger partial charge in [-0.1, -0.05) is 42.5 Å². The fraction of sp³-hybridized carbons (Fsp3) is 0.387. The quantitative estimate of drug-likeness (QED) is 0.346. The van der Waals surface area contributed by atoms with Crippen LogP contribution in [0.15, 0.2) is 78.9 Å². The van der Waals surface area contributed by atoms with Gasteiger partial charge in [-0.2, -0.15) is 0 Å². The van der Waals surface area contributed by atoms with Gasteiger partial charge in [0.15, 0.2) is 0 Å². The van der Waals surface area contributed by atoms with Crippen molar-refractivity contribution >= 4 is 11.7 Å². The first-order valence-corrected chi connectivity index (χ1v) is 13.2. The Hall–Kier alpha value is -3.51. The summed E-state index contributed by atoms with van der Waals surface area (Å²) in [5.41, 5.74) is 3.27. The molecule has 0 spiro atoms. The summed E-state index contributed by atoms with van der Waals surface area (Å²) in [6.07, 6.45) is 4.59. The van der Waals surface area contributed by atoms with Gasteiger partial charge in [0, 0.05) is 18.8 Å². The minimum Gasteiger partial charge on any atom is -0.497 e. The lowest BCUT2D eigenvalue weighted by molar-refractivity contribution is 0.170. The Bertz CT molecular complexity index is 1080. The number of piperidine rings is 1. The molecule has 0 aromatic heterocycles. The number of ether oxygens (including phenoxy) is 2. The first-order chi connectivity index (χ1) is 18.1. The van der Waals surface area contributed by atoms with Gasteiger partial charge < -0.3 is 24.6 Å². The third kappa shape index (κ3) is 8.25. The first kappa shape index (κ1) is 26.6. The number of likely N-dealkylation sites (tertiary alicyclic amines) is 1.